The smallest absolute Gasteiger partial charge is 0.303 e. The van der Waals surface area contributed by atoms with Gasteiger partial charge in [0, 0.05) is 6.92 Å². The standard InChI is InChI=1S/C18H16O4/c1-12(19)22-18(2)16(20)14-10-6-7-11-15(14)21-17(18)13-8-4-3-5-9-13/h3-11,17H,1-2H3/t17-,18+/m1/s1. The summed E-state index contributed by atoms with van der Waals surface area (Å²) in [5, 5.41) is 0. The molecule has 0 saturated heterocycles. The Bertz CT molecular complexity index is 723. The number of benzene rings is 2. The summed E-state index contributed by atoms with van der Waals surface area (Å²) in [6.45, 7) is 2.89. The summed E-state index contributed by atoms with van der Waals surface area (Å²) in [6.07, 6.45) is -0.681. The maximum absolute atomic E-state index is 12.9. The highest BCUT2D eigenvalue weighted by Gasteiger charge is 2.51. The van der Waals surface area contributed by atoms with E-state index in [-0.39, 0.29) is 5.78 Å². The first-order valence-electron chi connectivity index (χ1n) is 7.07. The highest BCUT2D eigenvalue weighted by molar-refractivity contribution is 6.06. The van der Waals surface area contributed by atoms with Crippen molar-refractivity contribution in [1.29, 1.82) is 0 Å². The summed E-state index contributed by atoms with van der Waals surface area (Å²) in [4.78, 5) is 24.4. The van der Waals surface area contributed by atoms with Crippen molar-refractivity contribution in [3.05, 3.63) is 65.7 Å². The molecule has 1 aliphatic heterocycles. The van der Waals surface area contributed by atoms with Crippen LogP contribution in [-0.4, -0.2) is 17.4 Å². The lowest BCUT2D eigenvalue weighted by Gasteiger charge is -2.39. The van der Waals surface area contributed by atoms with Crippen molar-refractivity contribution in [2.75, 3.05) is 0 Å². The summed E-state index contributed by atoms with van der Waals surface area (Å²) >= 11 is 0. The molecule has 0 aromatic heterocycles. The minimum Gasteiger partial charge on any atom is -0.480 e. The molecule has 4 heteroatoms. The molecule has 1 aliphatic rings. The molecule has 112 valence electrons. The number of carbonyl (C=O) groups is 2. The minimum atomic E-state index is -1.39. The van der Waals surface area contributed by atoms with Crippen LogP contribution in [0.3, 0.4) is 0 Å². The van der Waals surface area contributed by atoms with Gasteiger partial charge >= 0.3 is 5.97 Å². The lowest BCUT2D eigenvalue weighted by atomic mass is 9.82. The quantitative estimate of drug-likeness (QED) is 0.798. The van der Waals surface area contributed by atoms with Crippen molar-refractivity contribution in [3.8, 4) is 5.75 Å². The summed E-state index contributed by atoms with van der Waals surface area (Å²) < 4.78 is 11.4. The Balaban J connectivity index is 2.14. The van der Waals surface area contributed by atoms with E-state index >= 15 is 0 Å². The second kappa shape index (κ2) is 5.30. The minimum absolute atomic E-state index is 0.251. The Morgan fingerprint density at radius 1 is 1.09 bits per heavy atom. The van der Waals surface area contributed by atoms with Gasteiger partial charge in [-0.2, -0.15) is 0 Å². The number of rotatable bonds is 2. The zero-order valence-corrected chi connectivity index (χ0v) is 12.4. The fourth-order valence-corrected chi connectivity index (χ4v) is 2.80. The van der Waals surface area contributed by atoms with Crippen molar-refractivity contribution in [1.82, 2.24) is 0 Å². The van der Waals surface area contributed by atoms with Crippen LogP contribution in [0.4, 0.5) is 0 Å². The summed E-state index contributed by atoms with van der Waals surface area (Å²) in [7, 11) is 0. The molecule has 0 saturated carbocycles. The van der Waals surface area contributed by atoms with Gasteiger partial charge < -0.3 is 9.47 Å². The zero-order valence-electron chi connectivity index (χ0n) is 12.4. The van der Waals surface area contributed by atoms with Crippen molar-refractivity contribution in [2.45, 2.75) is 25.6 Å². The van der Waals surface area contributed by atoms with Crippen LogP contribution < -0.4 is 4.74 Å². The van der Waals surface area contributed by atoms with Gasteiger partial charge in [0.15, 0.2) is 6.10 Å². The van der Waals surface area contributed by atoms with Gasteiger partial charge in [-0.1, -0.05) is 42.5 Å². The van der Waals surface area contributed by atoms with Crippen molar-refractivity contribution in [3.63, 3.8) is 0 Å². The SMILES string of the molecule is CC(=O)O[C@@]1(C)C(=O)c2ccccc2O[C@@H]1c1ccccc1. The van der Waals surface area contributed by atoms with Gasteiger partial charge in [0.1, 0.15) is 5.75 Å². The lowest BCUT2D eigenvalue weighted by molar-refractivity contribution is -0.160. The van der Waals surface area contributed by atoms with Crippen LogP contribution in [0.15, 0.2) is 54.6 Å². The Kier molecular flexibility index (Phi) is 3.45. The Morgan fingerprint density at radius 2 is 1.73 bits per heavy atom. The van der Waals surface area contributed by atoms with E-state index in [9.17, 15) is 9.59 Å². The van der Waals surface area contributed by atoms with Gasteiger partial charge in [-0.25, -0.2) is 0 Å². The number of fused-ring (bicyclic) bond motifs is 1. The molecule has 3 rings (SSSR count). The second-order valence-corrected chi connectivity index (χ2v) is 5.43. The molecule has 0 bridgehead atoms. The molecule has 0 N–H and O–H groups in total. The number of ketones is 1. The first-order chi connectivity index (χ1) is 10.5. The van der Waals surface area contributed by atoms with Crippen molar-refractivity contribution < 1.29 is 19.1 Å². The molecule has 4 nitrogen and oxygen atoms in total. The topological polar surface area (TPSA) is 52.6 Å². The third kappa shape index (κ3) is 2.26. The number of ether oxygens (including phenoxy) is 2. The number of hydrogen-bond acceptors (Lipinski definition) is 4. The first kappa shape index (κ1) is 14.3. The molecule has 0 radical (unpaired) electrons. The van der Waals surface area contributed by atoms with Gasteiger partial charge in [0.05, 0.1) is 5.56 Å². The highest BCUT2D eigenvalue weighted by Crippen LogP contribution is 2.43. The van der Waals surface area contributed by atoms with E-state index in [1.54, 1.807) is 25.1 Å². The number of Topliss-reactive ketones (excluding diaryl/α,β-unsaturated/α-hetero) is 1. The maximum Gasteiger partial charge on any atom is 0.303 e. The largest absolute Gasteiger partial charge is 0.480 e. The number of para-hydroxylation sites is 1. The zero-order chi connectivity index (χ0) is 15.7. The predicted octanol–water partition coefficient (Wildman–Crippen LogP) is 3.32. The monoisotopic (exact) mass is 296 g/mol. The van der Waals surface area contributed by atoms with E-state index < -0.39 is 17.7 Å². The third-order valence-electron chi connectivity index (χ3n) is 3.79. The average Bonchev–Trinajstić information content (AvgIpc) is 2.51. The normalized spacial score (nSPS) is 23.4. The van der Waals surface area contributed by atoms with E-state index in [2.05, 4.69) is 0 Å². The van der Waals surface area contributed by atoms with Crippen LogP contribution in [0.5, 0.6) is 5.75 Å². The molecule has 0 unspecified atom stereocenters. The Hall–Kier alpha value is -2.62. The van der Waals surface area contributed by atoms with Gasteiger partial charge in [0.2, 0.25) is 11.4 Å². The summed E-state index contributed by atoms with van der Waals surface area (Å²) in [5.41, 5.74) is -0.172. The highest BCUT2D eigenvalue weighted by atomic mass is 16.6. The summed E-state index contributed by atoms with van der Waals surface area (Å²) in [5.74, 6) is -0.260. The van der Waals surface area contributed by atoms with E-state index in [1.165, 1.54) is 6.92 Å². The number of carbonyl (C=O) groups excluding carboxylic acids is 2. The van der Waals surface area contributed by atoms with Crippen molar-refractivity contribution >= 4 is 11.8 Å². The second-order valence-electron chi connectivity index (χ2n) is 5.43. The van der Waals surface area contributed by atoms with E-state index in [4.69, 9.17) is 9.47 Å². The molecular weight excluding hydrogens is 280 g/mol. The van der Waals surface area contributed by atoms with Crippen LogP contribution in [0.2, 0.25) is 0 Å². The molecule has 1 heterocycles. The Labute approximate surface area is 128 Å². The van der Waals surface area contributed by atoms with Crippen LogP contribution in [0.25, 0.3) is 0 Å². The summed E-state index contributed by atoms with van der Waals surface area (Å²) in [6, 6.07) is 16.3. The number of esters is 1. The first-order valence-corrected chi connectivity index (χ1v) is 7.07. The lowest BCUT2D eigenvalue weighted by Crippen LogP contribution is -2.50. The third-order valence-corrected chi connectivity index (χ3v) is 3.79. The van der Waals surface area contributed by atoms with Crippen LogP contribution >= 0.6 is 0 Å². The predicted molar refractivity (Wildman–Crippen MR) is 80.8 cm³/mol. The molecule has 0 spiro atoms. The van der Waals surface area contributed by atoms with Crippen LogP contribution in [0, 0.1) is 0 Å². The fraction of sp³-hybridized carbons (Fsp3) is 0.222. The van der Waals surface area contributed by atoms with E-state index in [1.807, 2.05) is 36.4 Å². The van der Waals surface area contributed by atoms with Gasteiger partial charge in [-0.05, 0) is 24.6 Å². The van der Waals surface area contributed by atoms with Gasteiger partial charge in [0.25, 0.3) is 0 Å². The Morgan fingerprint density at radius 3 is 2.41 bits per heavy atom. The van der Waals surface area contributed by atoms with Crippen LogP contribution in [-0.2, 0) is 9.53 Å². The van der Waals surface area contributed by atoms with Gasteiger partial charge in [-0.15, -0.1) is 0 Å². The molecule has 22 heavy (non-hydrogen) atoms. The molecule has 0 aliphatic carbocycles. The molecule has 2 atom stereocenters. The fourth-order valence-electron chi connectivity index (χ4n) is 2.80. The molecule has 2 aromatic carbocycles. The molecule has 0 amide bonds. The number of hydrogen-bond donors (Lipinski definition) is 0. The van der Waals surface area contributed by atoms with Crippen molar-refractivity contribution in [2.24, 2.45) is 0 Å². The maximum atomic E-state index is 12.9. The molecule has 0 fully saturated rings. The molecular formula is C18H16O4. The van der Waals surface area contributed by atoms with E-state index in [0.717, 1.165) is 5.56 Å². The molecule has 2 aromatic rings. The van der Waals surface area contributed by atoms with Gasteiger partial charge in [-0.3, -0.25) is 9.59 Å². The van der Waals surface area contributed by atoms with Crippen LogP contribution in [0.1, 0.15) is 35.9 Å². The van der Waals surface area contributed by atoms with E-state index in [0.29, 0.717) is 11.3 Å². The average molecular weight is 296 g/mol.